The molecule has 0 N–H and O–H groups in total. The molecule has 3 aromatic rings. The van der Waals surface area contributed by atoms with Gasteiger partial charge in [-0.3, -0.25) is 0 Å². The zero-order chi connectivity index (χ0) is 30.6. The molecule has 220 valence electrons. The van der Waals surface area contributed by atoms with Gasteiger partial charge in [-0.25, -0.2) is 14.2 Å². The highest BCUT2D eigenvalue weighted by molar-refractivity contribution is 5.91. The second kappa shape index (κ2) is 15.4. The molecule has 0 aliphatic carbocycles. The number of pyridine rings is 1. The number of hydrogen-bond acceptors (Lipinski definition) is 6. The summed E-state index contributed by atoms with van der Waals surface area (Å²) in [6.07, 6.45) is 7.76. The maximum absolute atomic E-state index is 12.8. The molecule has 0 spiro atoms. The number of aromatic nitrogens is 1. The Morgan fingerprint density at radius 2 is 1.43 bits per heavy atom. The molecule has 7 heteroatoms. The van der Waals surface area contributed by atoms with E-state index in [4.69, 9.17) is 14.2 Å². The summed E-state index contributed by atoms with van der Waals surface area (Å²) in [6, 6.07) is 18.3. The molecule has 0 unspecified atom stereocenters. The highest BCUT2D eigenvalue weighted by Gasteiger charge is 2.17. The number of anilines is 1. The van der Waals surface area contributed by atoms with Crippen LogP contribution < -0.4 is 14.2 Å². The molecule has 3 rings (SSSR count). The van der Waals surface area contributed by atoms with Crippen LogP contribution in [0.25, 0.3) is 0 Å². The van der Waals surface area contributed by atoms with Gasteiger partial charge in [0.1, 0.15) is 17.3 Å². The van der Waals surface area contributed by atoms with Crippen molar-refractivity contribution in [2.45, 2.75) is 47.1 Å². The lowest BCUT2D eigenvalue weighted by Gasteiger charge is -2.14. The lowest BCUT2D eigenvalue weighted by Crippen LogP contribution is -2.33. The Bertz CT molecular complexity index is 1430. The quantitative estimate of drug-likeness (QED) is 0.0724. The minimum Gasteiger partial charge on any atom is -0.494 e. The fourth-order valence-electron chi connectivity index (χ4n) is 3.98. The molecular weight excluding hydrogens is 528 g/mol. The van der Waals surface area contributed by atoms with Gasteiger partial charge in [0.25, 0.3) is 0 Å². The Balaban J connectivity index is 1.59. The average molecular weight is 570 g/mol. The van der Waals surface area contributed by atoms with E-state index in [1.54, 1.807) is 63.2 Å². The average Bonchev–Trinajstić information content (AvgIpc) is 3.00. The van der Waals surface area contributed by atoms with Gasteiger partial charge in [-0.05, 0) is 80.8 Å². The van der Waals surface area contributed by atoms with Crippen LogP contribution in [0.2, 0.25) is 0 Å². The summed E-state index contributed by atoms with van der Waals surface area (Å²) in [5.74, 6) is 0.243. The molecule has 0 radical (unpaired) electrons. The first-order valence-electron chi connectivity index (χ1n) is 14.1. The second-order valence-corrected chi connectivity index (χ2v) is 10.2. The number of unbranched alkanes of at least 4 members (excludes halogenated alkanes) is 1. The Hall–Kier alpha value is -4.65. The number of hydrogen-bond donors (Lipinski definition) is 0. The topological polar surface area (TPSA) is 69.0 Å². The predicted molar refractivity (Wildman–Crippen MR) is 165 cm³/mol. The van der Waals surface area contributed by atoms with Gasteiger partial charge >= 0.3 is 11.9 Å². The zero-order valence-corrected chi connectivity index (χ0v) is 25.5. The van der Waals surface area contributed by atoms with Crippen molar-refractivity contribution in [2.24, 2.45) is 0 Å². The molecule has 2 aromatic carbocycles. The standard InChI is InChI=1S/C35H41N2O5/c1-8-10-23-40-32-17-15-30(16-18-32)35(39)42-33(9-2)26(4)25(3)27(5)41-34(38)29-13-11-28(12-14-29)24-37-21-19-31(20-22-37)36(6)7/h9,11-22H,5,8,10,23-24H2,1-4,6-7H3/q+1/b26-25-,33-9+. The molecule has 0 atom stereocenters. The molecule has 0 aliphatic heterocycles. The summed E-state index contributed by atoms with van der Waals surface area (Å²) in [6.45, 7) is 12.7. The van der Waals surface area contributed by atoms with E-state index in [2.05, 4.69) is 30.2 Å². The Kier molecular flexibility index (Phi) is 11.7. The van der Waals surface area contributed by atoms with Crippen molar-refractivity contribution < 1.29 is 28.4 Å². The molecule has 0 aliphatic rings. The monoisotopic (exact) mass is 569 g/mol. The van der Waals surface area contributed by atoms with Crippen molar-refractivity contribution >= 4 is 17.6 Å². The van der Waals surface area contributed by atoms with Gasteiger partial charge in [0.2, 0.25) is 0 Å². The molecule has 0 bridgehead atoms. The van der Waals surface area contributed by atoms with Crippen molar-refractivity contribution in [3.05, 3.63) is 125 Å². The van der Waals surface area contributed by atoms with Crippen LogP contribution in [-0.2, 0) is 16.0 Å². The minimum atomic E-state index is -0.512. The van der Waals surface area contributed by atoms with Crippen molar-refractivity contribution in [1.29, 1.82) is 0 Å². The number of nitrogens with zero attached hydrogens (tertiary/aromatic N) is 2. The molecular formula is C35H41N2O5+. The van der Waals surface area contributed by atoms with Gasteiger partial charge in [-0.2, -0.15) is 0 Å². The zero-order valence-electron chi connectivity index (χ0n) is 25.5. The number of esters is 2. The lowest BCUT2D eigenvalue weighted by atomic mass is 10.1. The van der Waals surface area contributed by atoms with Crippen molar-refractivity contribution in [3.8, 4) is 5.75 Å². The first kappa shape index (κ1) is 31.9. The SMILES string of the molecule is C=C(OC(=O)c1ccc(C[n+]2ccc(N(C)C)cc2)cc1)/C(C)=C(C)\C(=C/C)OC(=O)c1ccc(OCCCC)cc1. The third kappa shape index (κ3) is 8.93. The van der Waals surface area contributed by atoms with E-state index in [1.165, 1.54) is 0 Å². The normalized spacial score (nSPS) is 11.8. The van der Waals surface area contributed by atoms with Gasteiger partial charge < -0.3 is 19.1 Å². The Morgan fingerprint density at radius 3 is 1.98 bits per heavy atom. The van der Waals surface area contributed by atoms with Crippen LogP contribution in [-0.4, -0.2) is 32.6 Å². The second-order valence-electron chi connectivity index (χ2n) is 10.2. The van der Waals surface area contributed by atoms with Crippen LogP contribution in [0, 0.1) is 0 Å². The molecule has 0 saturated heterocycles. The van der Waals surface area contributed by atoms with E-state index in [9.17, 15) is 9.59 Å². The van der Waals surface area contributed by atoms with Crippen molar-refractivity contribution in [2.75, 3.05) is 25.6 Å². The van der Waals surface area contributed by atoms with Gasteiger partial charge in [0.15, 0.2) is 18.9 Å². The summed E-state index contributed by atoms with van der Waals surface area (Å²) in [7, 11) is 4.01. The molecule has 7 nitrogen and oxygen atoms in total. The third-order valence-electron chi connectivity index (χ3n) is 6.83. The number of carbonyl (C=O) groups excluding carboxylic acids is 2. The fourth-order valence-corrected chi connectivity index (χ4v) is 3.98. The van der Waals surface area contributed by atoms with E-state index < -0.39 is 11.9 Å². The van der Waals surface area contributed by atoms with Gasteiger partial charge in [-0.15, -0.1) is 0 Å². The van der Waals surface area contributed by atoms with E-state index in [0.717, 1.165) is 24.1 Å². The first-order chi connectivity index (χ1) is 20.1. The Morgan fingerprint density at radius 1 is 0.857 bits per heavy atom. The van der Waals surface area contributed by atoms with Crippen molar-refractivity contribution in [1.82, 2.24) is 0 Å². The number of carbonyl (C=O) groups is 2. The summed E-state index contributed by atoms with van der Waals surface area (Å²) < 4.78 is 19.0. The van der Waals surface area contributed by atoms with Crippen LogP contribution >= 0.6 is 0 Å². The molecule has 0 saturated carbocycles. The van der Waals surface area contributed by atoms with Gasteiger partial charge in [0, 0.05) is 37.5 Å². The largest absolute Gasteiger partial charge is 0.494 e. The molecule has 0 fully saturated rings. The molecule has 1 heterocycles. The van der Waals surface area contributed by atoms with E-state index in [1.807, 2.05) is 43.5 Å². The smallest absolute Gasteiger partial charge is 0.343 e. The summed E-state index contributed by atoms with van der Waals surface area (Å²) >= 11 is 0. The fraction of sp³-hybridized carbons (Fsp3) is 0.286. The number of ether oxygens (including phenoxy) is 3. The van der Waals surface area contributed by atoms with Crippen molar-refractivity contribution in [3.63, 3.8) is 0 Å². The summed E-state index contributed by atoms with van der Waals surface area (Å²) in [5.41, 5.74) is 4.23. The first-order valence-corrected chi connectivity index (χ1v) is 14.1. The summed E-state index contributed by atoms with van der Waals surface area (Å²) in [4.78, 5) is 27.7. The number of allylic oxidation sites excluding steroid dienone is 3. The number of rotatable bonds is 13. The number of benzene rings is 2. The lowest BCUT2D eigenvalue weighted by molar-refractivity contribution is -0.688. The van der Waals surface area contributed by atoms with Gasteiger partial charge in [-0.1, -0.05) is 32.1 Å². The van der Waals surface area contributed by atoms with Crippen LogP contribution in [0.3, 0.4) is 0 Å². The molecule has 42 heavy (non-hydrogen) atoms. The summed E-state index contributed by atoms with van der Waals surface area (Å²) in [5, 5.41) is 0. The van der Waals surface area contributed by atoms with Crippen LogP contribution in [0.1, 0.15) is 66.8 Å². The van der Waals surface area contributed by atoms with Crippen LogP contribution in [0.4, 0.5) is 5.69 Å². The maximum Gasteiger partial charge on any atom is 0.343 e. The minimum absolute atomic E-state index is 0.182. The predicted octanol–water partition coefficient (Wildman–Crippen LogP) is 7.04. The third-order valence-corrected chi connectivity index (χ3v) is 6.83. The van der Waals surface area contributed by atoms with E-state index in [-0.39, 0.29) is 5.76 Å². The maximum atomic E-state index is 12.8. The van der Waals surface area contributed by atoms with Crippen LogP contribution in [0.15, 0.2) is 108 Å². The van der Waals surface area contributed by atoms with E-state index >= 15 is 0 Å². The highest BCUT2D eigenvalue weighted by atomic mass is 16.5. The molecule has 0 amide bonds. The van der Waals surface area contributed by atoms with Gasteiger partial charge in [0.05, 0.1) is 17.7 Å². The van der Waals surface area contributed by atoms with E-state index in [0.29, 0.717) is 46.9 Å². The van der Waals surface area contributed by atoms with Crippen LogP contribution in [0.5, 0.6) is 5.75 Å². The highest BCUT2D eigenvalue weighted by Crippen LogP contribution is 2.24. The molecule has 1 aromatic heterocycles. The Labute approximate surface area is 249 Å².